The first-order valence-electron chi connectivity index (χ1n) is 9.07. The molecule has 0 aliphatic carbocycles. The molecule has 148 valence electrons. The third-order valence-corrected chi connectivity index (χ3v) is 5.78. The third-order valence-electron chi connectivity index (χ3n) is 4.66. The Kier molecular flexibility index (Phi) is 5.18. The largest absolute Gasteiger partial charge is 0.497 e. The van der Waals surface area contributed by atoms with Crippen LogP contribution in [0, 0.1) is 0 Å². The maximum absolute atomic E-state index is 12.7. The fourth-order valence-corrected chi connectivity index (χ4v) is 4.08. The molecule has 1 aromatic heterocycles. The molecule has 1 N–H and O–H groups in total. The van der Waals surface area contributed by atoms with E-state index in [1.807, 2.05) is 30.3 Å². The molecule has 2 aromatic carbocycles. The molecule has 4 rings (SSSR count). The molecule has 3 aromatic rings. The zero-order valence-electron chi connectivity index (χ0n) is 16.1. The van der Waals surface area contributed by atoms with Crippen molar-refractivity contribution in [3.05, 3.63) is 70.7 Å². The monoisotopic (exact) mass is 408 g/mol. The van der Waals surface area contributed by atoms with E-state index in [2.05, 4.69) is 10.3 Å². The Bertz CT molecular complexity index is 1030. The molecule has 0 saturated heterocycles. The van der Waals surface area contributed by atoms with Gasteiger partial charge in [-0.05, 0) is 29.8 Å². The molecule has 2 heterocycles. The Morgan fingerprint density at radius 1 is 1.21 bits per heavy atom. The summed E-state index contributed by atoms with van der Waals surface area (Å²) in [5.41, 5.74) is 2.16. The number of urea groups is 1. The van der Waals surface area contributed by atoms with Crippen LogP contribution in [-0.4, -0.2) is 36.0 Å². The van der Waals surface area contributed by atoms with Crippen LogP contribution in [0.25, 0.3) is 0 Å². The van der Waals surface area contributed by atoms with Gasteiger partial charge in [-0.2, -0.15) is 0 Å². The molecule has 0 saturated carbocycles. The number of anilines is 2. The summed E-state index contributed by atoms with van der Waals surface area (Å²) in [5, 5.41) is 3.31. The lowest BCUT2D eigenvalue weighted by molar-refractivity contribution is 0.0762. The van der Waals surface area contributed by atoms with Crippen molar-refractivity contribution in [1.29, 1.82) is 0 Å². The second kappa shape index (κ2) is 7.92. The lowest BCUT2D eigenvalue weighted by Gasteiger charge is -2.17. The molecule has 0 unspecified atom stereocenters. The van der Waals surface area contributed by atoms with Crippen molar-refractivity contribution in [1.82, 2.24) is 9.88 Å². The van der Waals surface area contributed by atoms with E-state index < -0.39 is 0 Å². The van der Waals surface area contributed by atoms with Crippen molar-refractivity contribution in [3.63, 3.8) is 0 Å². The van der Waals surface area contributed by atoms with Gasteiger partial charge in [0.05, 0.1) is 18.5 Å². The zero-order valence-corrected chi connectivity index (χ0v) is 16.9. The van der Waals surface area contributed by atoms with Gasteiger partial charge in [-0.1, -0.05) is 41.7 Å². The number of benzene rings is 2. The van der Waals surface area contributed by atoms with Crippen LogP contribution in [0.4, 0.5) is 15.6 Å². The number of methoxy groups -OCH3 is 1. The number of aromatic nitrogens is 1. The van der Waals surface area contributed by atoms with Crippen molar-refractivity contribution >= 4 is 34.1 Å². The van der Waals surface area contributed by atoms with Gasteiger partial charge in [-0.3, -0.25) is 9.69 Å². The number of carbonyl (C=O) groups is 2. The Balaban J connectivity index is 1.42. The Morgan fingerprint density at radius 2 is 1.93 bits per heavy atom. The highest BCUT2D eigenvalue weighted by atomic mass is 32.1. The first-order chi connectivity index (χ1) is 14.0. The van der Waals surface area contributed by atoms with E-state index >= 15 is 0 Å². The normalized spacial score (nSPS) is 12.6. The number of amides is 3. The summed E-state index contributed by atoms with van der Waals surface area (Å²) in [6, 6.07) is 16.6. The van der Waals surface area contributed by atoms with Crippen LogP contribution in [0.2, 0.25) is 0 Å². The molecule has 0 atom stereocenters. The average Bonchev–Trinajstić information content (AvgIpc) is 3.28. The molecule has 0 fully saturated rings. The molecule has 29 heavy (non-hydrogen) atoms. The van der Waals surface area contributed by atoms with Gasteiger partial charge in [-0.15, -0.1) is 0 Å². The van der Waals surface area contributed by atoms with E-state index in [0.717, 1.165) is 10.4 Å². The highest BCUT2D eigenvalue weighted by Gasteiger charge is 2.33. The predicted octanol–water partition coefficient (Wildman–Crippen LogP) is 3.98. The van der Waals surface area contributed by atoms with Crippen molar-refractivity contribution in [2.75, 3.05) is 24.4 Å². The number of ether oxygens (including phenoxy) is 1. The quantitative estimate of drug-likeness (QED) is 0.693. The number of thiazole rings is 1. The van der Waals surface area contributed by atoms with Gasteiger partial charge in [0.25, 0.3) is 5.91 Å². The second-order valence-corrected chi connectivity index (χ2v) is 7.69. The second-order valence-electron chi connectivity index (χ2n) is 6.63. The number of hydrogen-bond acceptors (Lipinski definition) is 5. The molecule has 1 aliphatic heterocycles. The zero-order chi connectivity index (χ0) is 20.4. The number of hydrogen-bond donors (Lipinski definition) is 1. The van der Waals surface area contributed by atoms with Crippen molar-refractivity contribution < 1.29 is 14.3 Å². The average molecular weight is 408 g/mol. The van der Waals surface area contributed by atoms with E-state index in [1.165, 1.54) is 16.2 Å². The summed E-state index contributed by atoms with van der Waals surface area (Å²) >= 11 is 1.36. The van der Waals surface area contributed by atoms with E-state index in [0.29, 0.717) is 35.4 Å². The topological polar surface area (TPSA) is 74.8 Å². The summed E-state index contributed by atoms with van der Waals surface area (Å²) in [5.74, 6) is 0.613. The minimum atomic E-state index is -0.323. The maximum atomic E-state index is 12.7. The summed E-state index contributed by atoms with van der Waals surface area (Å²) in [4.78, 5) is 33.7. The Morgan fingerprint density at radius 3 is 2.59 bits per heavy atom. The third kappa shape index (κ3) is 3.93. The van der Waals surface area contributed by atoms with Crippen molar-refractivity contribution in [2.24, 2.45) is 0 Å². The van der Waals surface area contributed by atoms with Crippen LogP contribution in [-0.2, 0) is 13.1 Å². The summed E-state index contributed by atoms with van der Waals surface area (Å²) in [6.07, 6.45) is 0. The van der Waals surface area contributed by atoms with Crippen molar-refractivity contribution in [2.45, 2.75) is 13.1 Å². The minimum Gasteiger partial charge on any atom is -0.497 e. The molecule has 7 nitrogen and oxygen atoms in total. The van der Waals surface area contributed by atoms with Crippen LogP contribution in [0.1, 0.15) is 20.9 Å². The lowest BCUT2D eigenvalue weighted by Crippen LogP contribution is -2.31. The van der Waals surface area contributed by atoms with Crippen LogP contribution in [0.15, 0.2) is 54.6 Å². The maximum Gasteiger partial charge on any atom is 0.327 e. The molecule has 0 bridgehead atoms. The number of rotatable bonds is 5. The van der Waals surface area contributed by atoms with E-state index in [-0.39, 0.29) is 11.9 Å². The fourth-order valence-electron chi connectivity index (χ4n) is 3.05. The van der Waals surface area contributed by atoms with E-state index in [4.69, 9.17) is 4.74 Å². The minimum absolute atomic E-state index is 0.102. The fraction of sp³-hybridized carbons (Fsp3) is 0.190. The Hall–Kier alpha value is -3.39. The van der Waals surface area contributed by atoms with Gasteiger partial charge in [0.1, 0.15) is 11.4 Å². The Labute approximate surface area is 172 Å². The van der Waals surface area contributed by atoms with Crippen molar-refractivity contribution in [3.8, 4) is 5.75 Å². The van der Waals surface area contributed by atoms with Gasteiger partial charge in [0.2, 0.25) is 0 Å². The highest BCUT2D eigenvalue weighted by Crippen LogP contribution is 2.33. The van der Waals surface area contributed by atoms with Crippen LogP contribution in [0.5, 0.6) is 5.75 Å². The standard InChI is InChI=1S/C21H20N4O3S/c1-24(20(27)22-15-8-10-16(28-2)11-9-15)21-23-18-17(29-21)13-25(19(18)26)12-14-6-4-3-5-7-14/h3-11H,12-13H2,1-2H3,(H,22,27). The van der Waals surface area contributed by atoms with Crippen LogP contribution < -0.4 is 15.0 Å². The number of carbonyl (C=O) groups excluding carboxylic acids is 2. The van der Waals surface area contributed by atoms with Gasteiger partial charge in [0, 0.05) is 19.3 Å². The first-order valence-corrected chi connectivity index (χ1v) is 9.88. The first kappa shape index (κ1) is 18.9. The predicted molar refractivity (Wildman–Crippen MR) is 113 cm³/mol. The number of fused-ring (bicyclic) bond motifs is 1. The summed E-state index contributed by atoms with van der Waals surface area (Å²) in [7, 11) is 3.23. The molecule has 8 heteroatoms. The number of nitrogens with one attached hydrogen (secondary N) is 1. The van der Waals surface area contributed by atoms with Gasteiger partial charge < -0.3 is 15.0 Å². The van der Waals surface area contributed by atoms with Crippen LogP contribution >= 0.6 is 11.3 Å². The van der Waals surface area contributed by atoms with Gasteiger partial charge >= 0.3 is 6.03 Å². The number of nitrogens with zero attached hydrogens (tertiary/aromatic N) is 3. The molecular formula is C21H20N4O3S. The summed E-state index contributed by atoms with van der Waals surface area (Å²) in [6.45, 7) is 1.06. The molecular weight excluding hydrogens is 388 g/mol. The summed E-state index contributed by atoms with van der Waals surface area (Å²) < 4.78 is 5.11. The molecule has 3 amide bonds. The lowest BCUT2D eigenvalue weighted by atomic mass is 10.2. The smallest absolute Gasteiger partial charge is 0.327 e. The molecule has 0 spiro atoms. The van der Waals surface area contributed by atoms with E-state index in [9.17, 15) is 9.59 Å². The molecule has 1 aliphatic rings. The van der Waals surface area contributed by atoms with Gasteiger partial charge in [0.15, 0.2) is 5.13 Å². The SMILES string of the molecule is COc1ccc(NC(=O)N(C)c2nc3c(s2)CN(Cc2ccccc2)C3=O)cc1. The van der Waals surface area contributed by atoms with Gasteiger partial charge in [-0.25, -0.2) is 9.78 Å². The highest BCUT2D eigenvalue weighted by molar-refractivity contribution is 7.16. The van der Waals surface area contributed by atoms with Crippen LogP contribution in [0.3, 0.4) is 0 Å². The molecule has 0 radical (unpaired) electrons. The van der Waals surface area contributed by atoms with E-state index in [1.54, 1.807) is 43.3 Å².